The number of carbonyl (C=O) groups is 2. The van der Waals surface area contributed by atoms with Crippen molar-refractivity contribution in [3.8, 4) is 0 Å². The Balaban J connectivity index is 1.79. The molecule has 0 aromatic heterocycles. The number of anilines is 1. The largest absolute Gasteiger partial charge is 0.393 e. The van der Waals surface area contributed by atoms with Crippen molar-refractivity contribution in [2.24, 2.45) is 11.8 Å². The summed E-state index contributed by atoms with van der Waals surface area (Å²) in [7, 11) is 0. The molecule has 3 aliphatic rings. The third kappa shape index (κ3) is 1.50. The van der Waals surface area contributed by atoms with Gasteiger partial charge in [0.15, 0.2) is 0 Å². The van der Waals surface area contributed by atoms with E-state index >= 15 is 0 Å². The first-order valence-corrected chi connectivity index (χ1v) is 7.41. The molecule has 0 unspecified atom stereocenters. The number of ether oxygens (including phenoxy) is 1. The van der Waals surface area contributed by atoms with Crippen LogP contribution in [0.25, 0.3) is 0 Å². The number of aliphatic hydroxyl groups excluding tert-OH is 1. The van der Waals surface area contributed by atoms with E-state index in [1.165, 1.54) is 4.90 Å². The van der Waals surface area contributed by atoms with Crippen LogP contribution < -0.4 is 4.90 Å². The fourth-order valence-electron chi connectivity index (χ4n) is 3.98. The van der Waals surface area contributed by atoms with Crippen LogP contribution in [0.4, 0.5) is 5.69 Å². The summed E-state index contributed by atoms with van der Waals surface area (Å²) in [5.74, 6) is -1.65. The average molecular weight is 299 g/mol. The maximum Gasteiger partial charge on any atom is 0.241 e. The Morgan fingerprint density at radius 2 is 2.05 bits per heavy atom. The molecule has 1 aromatic rings. The monoisotopic (exact) mass is 299 g/mol. The van der Waals surface area contributed by atoms with E-state index in [1.807, 2.05) is 32.0 Å². The van der Waals surface area contributed by atoms with Crippen LogP contribution in [0.3, 0.4) is 0 Å². The second-order valence-corrected chi connectivity index (χ2v) is 6.36. The third-order valence-electron chi connectivity index (χ3n) is 5.00. The van der Waals surface area contributed by atoms with Gasteiger partial charge >= 0.3 is 0 Å². The molecule has 114 valence electrons. The summed E-state index contributed by atoms with van der Waals surface area (Å²) in [5.41, 5.74) is 1.57. The van der Waals surface area contributed by atoms with Crippen LogP contribution in [0.5, 0.6) is 0 Å². The van der Waals surface area contributed by atoms with Crippen molar-refractivity contribution >= 4 is 17.5 Å². The van der Waals surface area contributed by atoms with Crippen molar-refractivity contribution in [1.82, 2.24) is 0 Å². The lowest BCUT2D eigenvalue weighted by atomic mass is 9.77. The lowest BCUT2D eigenvalue weighted by Gasteiger charge is -2.26. The second-order valence-electron chi connectivity index (χ2n) is 6.36. The summed E-state index contributed by atoms with van der Waals surface area (Å²) in [6.07, 6.45) is 3.10. The molecule has 1 N–H and O–H groups in total. The molecule has 4 rings (SSSR count). The maximum absolute atomic E-state index is 12.9. The van der Waals surface area contributed by atoms with E-state index in [4.69, 9.17) is 4.74 Å². The number of nitrogens with zero attached hydrogens (tertiary/aromatic N) is 1. The van der Waals surface area contributed by atoms with Crippen molar-refractivity contribution in [2.45, 2.75) is 25.6 Å². The summed E-state index contributed by atoms with van der Waals surface area (Å²) in [6, 6.07) is 5.65. The minimum atomic E-state index is -1.03. The highest BCUT2D eigenvalue weighted by Crippen LogP contribution is 2.52. The van der Waals surface area contributed by atoms with E-state index in [1.54, 1.807) is 12.2 Å². The van der Waals surface area contributed by atoms with Gasteiger partial charge in [-0.05, 0) is 25.5 Å². The molecule has 2 bridgehead atoms. The molecule has 0 saturated carbocycles. The van der Waals surface area contributed by atoms with E-state index in [0.29, 0.717) is 5.69 Å². The molecule has 4 atom stereocenters. The second kappa shape index (κ2) is 4.27. The smallest absolute Gasteiger partial charge is 0.241 e. The number of amides is 2. The summed E-state index contributed by atoms with van der Waals surface area (Å²) in [5, 5.41) is 9.68. The summed E-state index contributed by atoms with van der Waals surface area (Å²) in [6.45, 7) is 3.57. The average Bonchev–Trinajstić information content (AvgIpc) is 3.12. The van der Waals surface area contributed by atoms with Gasteiger partial charge in [0.25, 0.3) is 0 Å². The third-order valence-corrected chi connectivity index (χ3v) is 5.00. The van der Waals surface area contributed by atoms with Gasteiger partial charge < -0.3 is 9.84 Å². The van der Waals surface area contributed by atoms with Crippen molar-refractivity contribution in [2.75, 3.05) is 11.5 Å². The molecule has 2 amide bonds. The van der Waals surface area contributed by atoms with Gasteiger partial charge in [-0.2, -0.15) is 0 Å². The van der Waals surface area contributed by atoms with Crippen LogP contribution >= 0.6 is 0 Å². The Kier molecular flexibility index (Phi) is 2.65. The van der Waals surface area contributed by atoms with E-state index in [2.05, 4.69) is 0 Å². The number of benzene rings is 1. The number of carbonyl (C=O) groups excluding carboxylic acids is 2. The van der Waals surface area contributed by atoms with Gasteiger partial charge in [-0.15, -0.1) is 0 Å². The van der Waals surface area contributed by atoms with Crippen LogP contribution in [-0.4, -0.2) is 35.2 Å². The van der Waals surface area contributed by atoms with Crippen LogP contribution in [0, 0.1) is 25.7 Å². The van der Waals surface area contributed by atoms with Gasteiger partial charge in [-0.3, -0.25) is 9.59 Å². The maximum atomic E-state index is 12.9. The molecular weight excluding hydrogens is 282 g/mol. The number of aliphatic hydroxyl groups is 1. The van der Waals surface area contributed by atoms with Crippen molar-refractivity contribution in [3.05, 3.63) is 41.5 Å². The first-order chi connectivity index (χ1) is 10.5. The molecule has 22 heavy (non-hydrogen) atoms. The molecule has 0 aliphatic carbocycles. The van der Waals surface area contributed by atoms with Gasteiger partial charge in [-0.1, -0.05) is 29.8 Å². The van der Waals surface area contributed by atoms with Crippen molar-refractivity contribution in [3.63, 3.8) is 0 Å². The Bertz CT molecular complexity index is 725. The number of hydrogen-bond donors (Lipinski definition) is 1. The highest BCUT2D eigenvalue weighted by molar-refractivity contribution is 6.23. The zero-order valence-electron chi connectivity index (χ0n) is 12.4. The molecule has 3 aliphatic heterocycles. The van der Waals surface area contributed by atoms with Gasteiger partial charge in [0.05, 0.1) is 30.2 Å². The van der Waals surface area contributed by atoms with E-state index in [9.17, 15) is 14.7 Å². The Morgan fingerprint density at radius 3 is 2.73 bits per heavy atom. The summed E-state index contributed by atoms with van der Waals surface area (Å²) >= 11 is 0. The van der Waals surface area contributed by atoms with Crippen molar-refractivity contribution < 1.29 is 19.4 Å². The number of aryl methyl sites for hydroxylation is 2. The SMILES string of the molecule is Cc1ccc(N2C(=O)[C@H]3[C@@H]4C=C[C@@](CO)(O4)[C@@H]3C2=O)c(C)c1. The molecule has 2 saturated heterocycles. The van der Waals surface area contributed by atoms with Crippen LogP contribution in [0.15, 0.2) is 30.4 Å². The number of hydrogen-bond acceptors (Lipinski definition) is 4. The van der Waals surface area contributed by atoms with Gasteiger partial charge in [-0.25, -0.2) is 4.90 Å². The first-order valence-electron chi connectivity index (χ1n) is 7.41. The van der Waals surface area contributed by atoms with E-state index < -0.39 is 23.5 Å². The first kappa shape index (κ1) is 13.7. The summed E-state index contributed by atoms with van der Waals surface area (Å²) in [4.78, 5) is 26.9. The van der Waals surface area contributed by atoms with E-state index in [0.717, 1.165) is 11.1 Å². The zero-order valence-corrected chi connectivity index (χ0v) is 12.4. The molecule has 1 aromatic carbocycles. The number of fused-ring (bicyclic) bond motifs is 5. The van der Waals surface area contributed by atoms with E-state index in [-0.39, 0.29) is 18.4 Å². The minimum absolute atomic E-state index is 0.230. The fraction of sp³-hybridized carbons (Fsp3) is 0.412. The topological polar surface area (TPSA) is 66.8 Å². The van der Waals surface area contributed by atoms with Gasteiger partial charge in [0, 0.05) is 0 Å². The van der Waals surface area contributed by atoms with Crippen LogP contribution in [0.2, 0.25) is 0 Å². The zero-order chi connectivity index (χ0) is 15.6. The number of imide groups is 1. The highest BCUT2D eigenvalue weighted by Gasteiger charge is 2.67. The highest BCUT2D eigenvalue weighted by atomic mass is 16.5. The predicted octanol–water partition coefficient (Wildman–Crippen LogP) is 1.11. The normalized spacial score (nSPS) is 35.6. The molecule has 0 radical (unpaired) electrons. The van der Waals surface area contributed by atoms with Crippen LogP contribution in [0.1, 0.15) is 11.1 Å². The van der Waals surface area contributed by atoms with Gasteiger partial charge in [0.1, 0.15) is 5.60 Å². The molecule has 0 spiro atoms. The Hall–Kier alpha value is -1.98. The number of rotatable bonds is 2. The van der Waals surface area contributed by atoms with Crippen LogP contribution in [-0.2, 0) is 14.3 Å². The molecule has 2 fully saturated rings. The molecule has 5 heteroatoms. The Morgan fingerprint density at radius 1 is 1.27 bits per heavy atom. The lowest BCUT2D eigenvalue weighted by Crippen LogP contribution is -2.43. The quantitative estimate of drug-likeness (QED) is 0.656. The predicted molar refractivity (Wildman–Crippen MR) is 79.2 cm³/mol. The van der Waals surface area contributed by atoms with Gasteiger partial charge in [0.2, 0.25) is 11.8 Å². The molecular formula is C17H17NO4. The Labute approximate surface area is 128 Å². The lowest BCUT2D eigenvalue weighted by molar-refractivity contribution is -0.128. The molecule has 3 heterocycles. The standard InChI is InChI=1S/C17H17NO4/c1-9-3-4-11(10(2)7-9)18-15(20)13-12-5-6-17(8-19,22-12)14(13)16(18)21/h3-7,12-14,19H,8H2,1-2H3/t12-,13-,14-,17-/m0/s1. The van der Waals surface area contributed by atoms with Crippen molar-refractivity contribution in [1.29, 1.82) is 0 Å². The fourth-order valence-corrected chi connectivity index (χ4v) is 3.98. The minimum Gasteiger partial charge on any atom is -0.393 e. The summed E-state index contributed by atoms with van der Waals surface area (Å²) < 4.78 is 5.72. The molecule has 5 nitrogen and oxygen atoms in total.